The van der Waals surface area contributed by atoms with Crippen LogP contribution in [0.1, 0.15) is 20.3 Å². The van der Waals surface area contributed by atoms with Gasteiger partial charge in [-0.3, -0.25) is 9.59 Å². The Labute approximate surface area is 175 Å². The predicted molar refractivity (Wildman–Crippen MR) is 114 cm³/mol. The molecule has 158 valence electrons. The molecule has 0 radical (unpaired) electrons. The first-order valence-electron chi connectivity index (χ1n) is 10.3. The second-order valence-corrected chi connectivity index (χ2v) is 8.06. The predicted octanol–water partition coefficient (Wildman–Crippen LogP) is 3.43. The highest BCUT2D eigenvalue weighted by atomic mass is 19.1. The number of morpholine rings is 1. The highest BCUT2D eigenvalue weighted by Crippen LogP contribution is 2.28. The molecular formula is C23H26FN3O3. The van der Waals surface area contributed by atoms with Crippen molar-refractivity contribution >= 4 is 28.9 Å². The molecule has 7 heteroatoms. The van der Waals surface area contributed by atoms with Crippen LogP contribution >= 0.6 is 0 Å². The second kappa shape index (κ2) is 8.44. The summed E-state index contributed by atoms with van der Waals surface area (Å²) in [4.78, 5) is 28.6. The van der Waals surface area contributed by atoms with E-state index in [9.17, 15) is 14.0 Å². The topological polar surface area (TPSA) is 61.9 Å². The Bertz CT molecular complexity index is 927. The lowest BCUT2D eigenvalue weighted by Gasteiger charge is -2.37. The van der Waals surface area contributed by atoms with Gasteiger partial charge >= 0.3 is 0 Å². The van der Waals surface area contributed by atoms with E-state index >= 15 is 0 Å². The largest absolute Gasteiger partial charge is 0.372 e. The summed E-state index contributed by atoms with van der Waals surface area (Å²) in [6, 6.07) is 14.0. The quantitative estimate of drug-likeness (QED) is 0.837. The maximum atomic E-state index is 14.8. The molecule has 2 fully saturated rings. The van der Waals surface area contributed by atoms with Crippen molar-refractivity contribution in [2.24, 2.45) is 5.92 Å². The summed E-state index contributed by atoms with van der Waals surface area (Å²) in [5.74, 6) is -1.22. The van der Waals surface area contributed by atoms with Crippen LogP contribution in [0.2, 0.25) is 0 Å². The van der Waals surface area contributed by atoms with Gasteiger partial charge < -0.3 is 19.9 Å². The molecule has 3 atom stereocenters. The van der Waals surface area contributed by atoms with Gasteiger partial charge in [-0.05, 0) is 44.2 Å². The van der Waals surface area contributed by atoms with E-state index in [2.05, 4.69) is 5.32 Å². The van der Waals surface area contributed by atoms with Gasteiger partial charge in [-0.25, -0.2) is 4.39 Å². The number of nitrogens with zero attached hydrogens (tertiary/aromatic N) is 2. The molecular weight excluding hydrogens is 385 g/mol. The van der Waals surface area contributed by atoms with Gasteiger partial charge in [0.25, 0.3) is 0 Å². The first-order chi connectivity index (χ1) is 14.4. The minimum absolute atomic E-state index is 0.0278. The molecule has 0 spiro atoms. The van der Waals surface area contributed by atoms with E-state index in [1.54, 1.807) is 17.0 Å². The number of ether oxygens (including phenoxy) is 1. The third-order valence-electron chi connectivity index (χ3n) is 5.54. The van der Waals surface area contributed by atoms with Crippen LogP contribution in [-0.4, -0.2) is 43.7 Å². The summed E-state index contributed by atoms with van der Waals surface area (Å²) in [5.41, 5.74) is 1.67. The average molecular weight is 411 g/mol. The van der Waals surface area contributed by atoms with Gasteiger partial charge in [-0.15, -0.1) is 0 Å². The maximum absolute atomic E-state index is 14.8. The number of hydrogen-bond acceptors (Lipinski definition) is 4. The summed E-state index contributed by atoms with van der Waals surface area (Å²) < 4.78 is 20.5. The van der Waals surface area contributed by atoms with E-state index < -0.39 is 5.92 Å². The Hall–Kier alpha value is -2.93. The monoisotopic (exact) mass is 411 g/mol. The Morgan fingerprint density at radius 2 is 1.77 bits per heavy atom. The van der Waals surface area contributed by atoms with Crippen molar-refractivity contribution in [2.75, 3.05) is 34.8 Å². The first kappa shape index (κ1) is 20.3. The molecule has 3 unspecified atom stereocenters. The summed E-state index contributed by atoms with van der Waals surface area (Å²) in [7, 11) is 0. The van der Waals surface area contributed by atoms with Crippen molar-refractivity contribution in [1.82, 2.24) is 0 Å². The number of para-hydroxylation sites is 1. The van der Waals surface area contributed by atoms with Gasteiger partial charge in [0.2, 0.25) is 11.8 Å². The second-order valence-electron chi connectivity index (χ2n) is 8.06. The fourth-order valence-electron chi connectivity index (χ4n) is 4.20. The van der Waals surface area contributed by atoms with Gasteiger partial charge in [0.05, 0.1) is 23.8 Å². The Morgan fingerprint density at radius 1 is 1.07 bits per heavy atom. The molecule has 1 N–H and O–H groups in total. The summed E-state index contributed by atoms with van der Waals surface area (Å²) in [5, 5.41) is 2.76. The van der Waals surface area contributed by atoms with Crippen LogP contribution < -0.4 is 15.1 Å². The molecule has 4 rings (SSSR count). The zero-order valence-electron chi connectivity index (χ0n) is 17.2. The molecule has 2 aromatic rings. The number of amides is 2. The number of nitrogens with one attached hydrogen (secondary N) is 1. The first-order valence-corrected chi connectivity index (χ1v) is 10.3. The molecule has 2 aliphatic heterocycles. The lowest BCUT2D eigenvalue weighted by Crippen LogP contribution is -2.45. The molecule has 2 heterocycles. The number of halogens is 1. The van der Waals surface area contributed by atoms with Crippen LogP contribution in [-0.2, 0) is 14.3 Å². The number of benzene rings is 2. The van der Waals surface area contributed by atoms with Crippen molar-refractivity contribution in [3.05, 3.63) is 54.3 Å². The molecule has 0 saturated carbocycles. The highest BCUT2D eigenvalue weighted by molar-refractivity contribution is 6.03. The maximum Gasteiger partial charge on any atom is 0.229 e. The van der Waals surface area contributed by atoms with Gasteiger partial charge in [0.1, 0.15) is 5.82 Å². The van der Waals surface area contributed by atoms with E-state index in [4.69, 9.17) is 4.74 Å². The van der Waals surface area contributed by atoms with Crippen molar-refractivity contribution in [3.8, 4) is 0 Å². The Kier molecular flexibility index (Phi) is 5.72. The van der Waals surface area contributed by atoms with Crippen molar-refractivity contribution in [2.45, 2.75) is 32.5 Å². The highest BCUT2D eigenvalue weighted by Gasteiger charge is 2.35. The van der Waals surface area contributed by atoms with Crippen molar-refractivity contribution in [3.63, 3.8) is 0 Å². The van der Waals surface area contributed by atoms with Crippen molar-refractivity contribution < 1.29 is 18.7 Å². The summed E-state index contributed by atoms with van der Waals surface area (Å²) in [6.45, 7) is 5.49. The number of carbonyl (C=O) groups excluding carboxylic acids is 2. The summed E-state index contributed by atoms with van der Waals surface area (Å²) in [6.07, 6.45) is 0.199. The van der Waals surface area contributed by atoms with Crippen LogP contribution in [0, 0.1) is 11.7 Å². The van der Waals surface area contributed by atoms with Crippen LogP contribution in [0.25, 0.3) is 0 Å². The molecule has 2 saturated heterocycles. The third kappa shape index (κ3) is 4.31. The number of anilines is 3. The van der Waals surface area contributed by atoms with E-state index in [0.717, 1.165) is 5.69 Å². The standard InChI is InChI=1S/C23H26FN3O3/c1-15-12-26(13-16(2)30-15)21-9-8-18(11-20(21)24)25-23(29)17-10-22(28)27(14-17)19-6-4-3-5-7-19/h3-9,11,15-17H,10,12-14H2,1-2H3,(H,25,29). The van der Waals surface area contributed by atoms with E-state index in [1.165, 1.54) is 6.07 Å². The van der Waals surface area contributed by atoms with Gasteiger partial charge in [-0.1, -0.05) is 18.2 Å². The average Bonchev–Trinajstić information content (AvgIpc) is 3.10. The summed E-state index contributed by atoms with van der Waals surface area (Å²) >= 11 is 0. The zero-order chi connectivity index (χ0) is 21.3. The normalized spacial score (nSPS) is 24.2. The number of hydrogen-bond donors (Lipinski definition) is 1. The fraction of sp³-hybridized carbons (Fsp3) is 0.391. The van der Waals surface area contributed by atoms with Crippen LogP contribution in [0.5, 0.6) is 0 Å². The minimum Gasteiger partial charge on any atom is -0.372 e. The molecule has 0 aliphatic carbocycles. The molecule has 2 aromatic carbocycles. The van der Waals surface area contributed by atoms with Crippen LogP contribution in [0.4, 0.5) is 21.5 Å². The number of rotatable bonds is 4. The molecule has 0 bridgehead atoms. The van der Waals surface area contributed by atoms with Gasteiger partial charge in [0, 0.05) is 37.4 Å². The molecule has 30 heavy (non-hydrogen) atoms. The molecule has 0 aromatic heterocycles. The van der Waals surface area contributed by atoms with E-state index in [1.807, 2.05) is 49.1 Å². The van der Waals surface area contributed by atoms with E-state index in [-0.39, 0.29) is 36.3 Å². The zero-order valence-corrected chi connectivity index (χ0v) is 17.2. The molecule has 2 aliphatic rings. The van der Waals surface area contributed by atoms with Crippen LogP contribution in [0.3, 0.4) is 0 Å². The number of carbonyl (C=O) groups is 2. The Morgan fingerprint density at radius 3 is 2.43 bits per heavy atom. The van der Waals surface area contributed by atoms with Gasteiger partial charge in [-0.2, -0.15) is 0 Å². The minimum atomic E-state index is -0.471. The molecule has 2 amide bonds. The molecule has 6 nitrogen and oxygen atoms in total. The van der Waals surface area contributed by atoms with Gasteiger partial charge in [0.15, 0.2) is 0 Å². The van der Waals surface area contributed by atoms with Crippen molar-refractivity contribution in [1.29, 1.82) is 0 Å². The Balaban J connectivity index is 1.41. The fourth-order valence-corrected chi connectivity index (χ4v) is 4.20. The van der Waals surface area contributed by atoms with E-state index in [0.29, 0.717) is 31.0 Å². The third-order valence-corrected chi connectivity index (χ3v) is 5.54. The lowest BCUT2D eigenvalue weighted by atomic mass is 10.1. The SMILES string of the molecule is CC1CN(c2ccc(NC(=O)C3CC(=O)N(c4ccccc4)C3)cc2F)CC(C)O1. The van der Waals surface area contributed by atoms with Crippen LogP contribution in [0.15, 0.2) is 48.5 Å². The smallest absolute Gasteiger partial charge is 0.229 e. The lowest BCUT2D eigenvalue weighted by molar-refractivity contribution is -0.122.